The van der Waals surface area contributed by atoms with Gasteiger partial charge in [0, 0.05) is 13.5 Å². The van der Waals surface area contributed by atoms with Gasteiger partial charge in [-0.1, -0.05) is 19.9 Å². The molecule has 1 rings (SSSR count). The number of hydrogen-bond donors (Lipinski definition) is 2. The van der Waals surface area contributed by atoms with Crippen LogP contribution in [-0.4, -0.2) is 29.0 Å². The Balaban J connectivity index is 2.84. The molecule has 0 fully saturated rings. The van der Waals surface area contributed by atoms with Crippen molar-refractivity contribution in [2.75, 3.05) is 18.4 Å². The molecule has 0 aliphatic rings. The van der Waals surface area contributed by atoms with Crippen LogP contribution >= 0.6 is 0 Å². The Labute approximate surface area is 102 Å². The molecule has 0 atom stereocenters. The summed E-state index contributed by atoms with van der Waals surface area (Å²) >= 11 is 0. The van der Waals surface area contributed by atoms with Gasteiger partial charge in [0.1, 0.15) is 5.75 Å². The normalized spacial score (nSPS) is 10.6. The van der Waals surface area contributed by atoms with Crippen molar-refractivity contribution in [3.8, 4) is 5.75 Å². The van der Waals surface area contributed by atoms with Gasteiger partial charge in [0.05, 0.1) is 5.69 Å². The van der Waals surface area contributed by atoms with Crippen molar-refractivity contribution in [3.05, 3.63) is 23.8 Å². The number of aromatic hydroxyl groups is 1. The highest BCUT2D eigenvalue weighted by molar-refractivity contribution is 5.90. The van der Waals surface area contributed by atoms with Gasteiger partial charge >= 0.3 is 0 Å². The molecular formula is C13H20N2O2. The smallest absolute Gasteiger partial charge is 0.221 e. The fourth-order valence-electron chi connectivity index (χ4n) is 1.68. The Kier molecular flexibility index (Phi) is 4.97. The van der Waals surface area contributed by atoms with Crippen molar-refractivity contribution in [3.63, 3.8) is 0 Å². The second-order valence-electron chi connectivity index (χ2n) is 3.99. The van der Waals surface area contributed by atoms with Gasteiger partial charge in [-0.2, -0.15) is 0 Å². The Bertz CT molecular complexity index is 387. The molecule has 0 heterocycles. The molecular weight excluding hydrogens is 216 g/mol. The minimum Gasteiger partial charge on any atom is -0.506 e. The monoisotopic (exact) mass is 236 g/mol. The molecule has 0 aromatic heterocycles. The van der Waals surface area contributed by atoms with Crippen LogP contribution in [0, 0.1) is 0 Å². The molecule has 4 nitrogen and oxygen atoms in total. The molecule has 17 heavy (non-hydrogen) atoms. The number of nitrogens with one attached hydrogen (secondary N) is 1. The topological polar surface area (TPSA) is 52.6 Å². The first-order valence-electron chi connectivity index (χ1n) is 5.88. The highest BCUT2D eigenvalue weighted by Gasteiger charge is 2.06. The maximum Gasteiger partial charge on any atom is 0.221 e. The van der Waals surface area contributed by atoms with Gasteiger partial charge in [-0.25, -0.2) is 0 Å². The van der Waals surface area contributed by atoms with E-state index >= 15 is 0 Å². The fourth-order valence-corrected chi connectivity index (χ4v) is 1.68. The predicted octanol–water partition coefficient (Wildman–Crippen LogP) is 2.19. The highest BCUT2D eigenvalue weighted by atomic mass is 16.3. The minimum atomic E-state index is -0.180. The summed E-state index contributed by atoms with van der Waals surface area (Å²) < 4.78 is 0. The van der Waals surface area contributed by atoms with Crippen LogP contribution < -0.4 is 5.32 Å². The number of carbonyl (C=O) groups is 1. The van der Waals surface area contributed by atoms with Crippen LogP contribution in [0.15, 0.2) is 18.2 Å². The molecule has 1 aromatic carbocycles. The summed E-state index contributed by atoms with van der Waals surface area (Å²) in [5, 5.41) is 12.2. The van der Waals surface area contributed by atoms with E-state index in [4.69, 9.17) is 0 Å². The molecule has 0 spiro atoms. The first-order chi connectivity index (χ1) is 8.06. The van der Waals surface area contributed by atoms with E-state index in [0.717, 1.165) is 25.2 Å². The summed E-state index contributed by atoms with van der Waals surface area (Å²) in [6.07, 6.45) is 0. The predicted molar refractivity (Wildman–Crippen MR) is 69.0 cm³/mol. The molecule has 1 amide bonds. The average Bonchev–Trinajstić information content (AvgIpc) is 2.29. The summed E-state index contributed by atoms with van der Waals surface area (Å²) in [5.74, 6) is -0.0798. The van der Waals surface area contributed by atoms with Gasteiger partial charge < -0.3 is 10.4 Å². The van der Waals surface area contributed by atoms with Gasteiger partial charge in [0.15, 0.2) is 0 Å². The molecule has 0 unspecified atom stereocenters. The van der Waals surface area contributed by atoms with Crippen LogP contribution in [0.2, 0.25) is 0 Å². The fraction of sp³-hybridized carbons (Fsp3) is 0.462. The first-order valence-corrected chi connectivity index (χ1v) is 5.88. The number of benzene rings is 1. The molecule has 2 N–H and O–H groups in total. The minimum absolute atomic E-state index is 0.100. The Hall–Kier alpha value is -1.55. The van der Waals surface area contributed by atoms with Crippen molar-refractivity contribution >= 4 is 11.6 Å². The second kappa shape index (κ2) is 6.25. The van der Waals surface area contributed by atoms with Gasteiger partial charge in [0.25, 0.3) is 0 Å². The van der Waals surface area contributed by atoms with Crippen molar-refractivity contribution in [1.82, 2.24) is 4.90 Å². The molecule has 0 saturated heterocycles. The van der Waals surface area contributed by atoms with Crippen molar-refractivity contribution < 1.29 is 9.90 Å². The summed E-state index contributed by atoms with van der Waals surface area (Å²) in [7, 11) is 0. The van der Waals surface area contributed by atoms with Gasteiger partial charge in [-0.3, -0.25) is 9.69 Å². The standard InChI is InChI=1S/C13H20N2O2/c1-4-15(5-2)9-11-6-7-13(17)12(8-11)14-10(3)16/h6-8,17H,4-5,9H2,1-3H3,(H,14,16). The van der Waals surface area contributed by atoms with Gasteiger partial charge in [0.2, 0.25) is 5.91 Å². The van der Waals surface area contributed by atoms with Crippen molar-refractivity contribution in [2.45, 2.75) is 27.3 Å². The van der Waals surface area contributed by atoms with Crippen LogP contribution in [0.1, 0.15) is 26.3 Å². The molecule has 0 radical (unpaired) electrons. The maximum absolute atomic E-state index is 11.0. The molecule has 4 heteroatoms. The number of nitrogens with zero attached hydrogens (tertiary/aromatic N) is 1. The lowest BCUT2D eigenvalue weighted by Crippen LogP contribution is -2.22. The van der Waals surface area contributed by atoms with E-state index in [-0.39, 0.29) is 11.7 Å². The first kappa shape index (κ1) is 13.5. The quantitative estimate of drug-likeness (QED) is 0.770. The zero-order valence-corrected chi connectivity index (χ0v) is 10.7. The van der Waals surface area contributed by atoms with Crippen LogP contribution in [-0.2, 0) is 11.3 Å². The number of rotatable bonds is 5. The Morgan fingerprint density at radius 1 is 1.35 bits per heavy atom. The van der Waals surface area contributed by atoms with Crippen LogP contribution in [0.3, 0.4) is 0 Å². The Morgan fingerprint density at radius 2 is 2.00 bits per heavy atom. The summed E-state index contributed by atoms with van der Waals surface area (Å²) in [5.41, 5.74) is 1.55. The average molecular weight is 236 g/mol. The number of phenols is 1. The lowest BCUT2D eigenvalue weighted by molar-refractivity contribution is -0.114. The molecule has 0 aliphatic carbocycles. The summed E-state index contributed by atoms with van der Waals surface area (Å²) in [6, 6.07) is 5.30. The molecule has 1 aromatic rings. The SMILES string of the molecule is CCN(CC)Cc1ccc(O)c(NC(C)=O)c1. The number of carbonyl (C=O) groups excluding carboxylic acids is 1. The number of amides is 1. The zero-order valence-electron chi connectivity index (χ0n) is 10.7. The van der Waals surface area contributed by atoms with E-state index in [1.54, 1.807) is 6.07 Å². The third kappa shape index (κ3) is 4.07. The summed E-state index contributed by atoms with van der Waals surface area (Å²) in [6.45, 7) is 8.42. The third-order valence-corrected chi connectivity index (χ3v) is 2.67. The second-order valence-corrected chi connectivity index (χ2v) is 3.99. The number of hydrogen-bond acceptors (Lipinski definition) is 3. The van der Waals surface area contributed by atoms with Crippen LogP contribution in [0.25, 0.3) is 0 Å². The van der Waals surface area contributed by atoms with E-state index in [1.807, 2.05) is 12.1 Å². The van der Waals surface area contributed by atoms with Gasteiger partial charge in [-0.15, -0.1) is 0 Å². The van der Waals surface area contributed by atoms with Crippen molar-refractivity contribution in [1.29, 1.82) is 0 Å². The zero-order chi connectivity index (χ0) is 12.8. The Morgan fingerprint density at radius 3 is 2.53 bits per heavy atom. The maximum atomic E-state index is 11.0. The highest BCUT2D eigenvalue weighted by Crippen LogP contribution is 2.24. The molecule has 0 bridgehead atoms. The van der Waals surface area contributed by atoms with Crippen LogP contribution in [0.4, 0.5) is 5.69 Å². The van der Waals surface area contributed by atoms with E-state index < -0.39 is 0 Å². The third-order valence-electron chi connectivity index (χ3n) is 2.67. The molecule has 0 aliphatic heterocycles. The van der Waals surface area contributed by atoms with E-state index in [9.17, 15) is 9.90 Å². The lowest BCUT2D eigenvalue weighted by Gasteiger charge is -2.18. The number of anilines is 1. The number of phenolic OH excluding ortho intramolecular Hbond substituents is 1. The van der Waals surface area contributed by atoms with Gasteiger partial charge in [-0.05, 0) is 30.8 Å². The van der Waals surface area contributed by atoms with Crippen LogP contribution in [0.5, 0.6) is 5.75 Å². The largest absolute Gasteiger partial charge is 0.506 e. The molecule has 94 valence electrons. The van der Waals surface area contributed by atoms with E-state index in [1.165, 1.54) is 6.92 Å². The van der Waals surface area contributed by atoms with E-state index in [0.29, 0.717) is 5.69 Å². The summed E-state index contributed by atoms with van der Waals surface area (Å²) in [4.78, 5) is 13.2. The van der Waals surface area contributed by atoms with E-state index in [2.05, 4.69) is 24.1 Å². The van der Waals surface area contributed by atoms with Crippen molar-refractivity contribution in [2.24, 2.45) is 0 Å². The molecule has 0 saturated carbocycles. The lowest BCUT2D eigenvalue weighted by atomic mass is 10.1.